The molecule has 0 bridgehead atoms. The lowest BCUT2D eigenvalue weighted by Gasteiger charge is -2.37. The van der Waals surface area contributed by atoms with Crippen LogP contribution in [0.4, 0.5) is 0 Å². The Hall–Kier alpha value is -0.420. The lowest BCUT2D eigenvalue weighted by molar-refractivity contribution is 0.0777. The first kappa shape index (κ1) is 13.6. The molecule has 102 valence electrons. The van der Waals surface area contributed by atoms with Gasteiger partial charge in [0.2, 0.25) is 0 Å². The second kappa shape index (κ2) is 5.92. The Balaban J connectivity index is 1.67. The summed E-state index contributed by atoms with van der Waals surface area (Å²) in [7, 11) is 0. The third-order valence-electron chi connectivity index (χ3n) is 4.62. The van der Waals surface area contributed by atoms with E-state index in [2.05, 4.69) is 27.5 Å². The van der Waals surface area contributed by atoms with Crippen LogP contribution in [0.2, 0.25) is 0 Å². The molecule has 1 saturated heterocycles. The van der Waals surface area contributed by atoms with E-state index in [1.54, 1.807) is 0 Å². The highest BCUT2D eigenvalue weighted by Gasteiger charge is 2.35. The van der Waals surface area contributed by atoms with Crippen LogP contribution in [0.5, 0.6) is 0 Å². The van der Waals surface area contributed by atoms with Crippen LogP contribution in [0.25, 0.3) is 0 Å². The minimum absolute atomic E-state index is 0.281. The molecule has 1 aromatic carbocycles. The average molecular weight is 369 g/mol. The largest absolute Gasteiger partial charge is 0.293 e. The highest BCUT2D eigenvalue weighted by Crippen LogP contribution is 2.36. The highest BCUT2D eigenvalue weighted by atomic mass is 127. The van der Waals surface area contributed by atoms with E-state index < -0.39 is 0 Å². The molecule has 0 N–H and O–H groups in total. The lowest BCUT2D eigenvalue weighted by Crippen LogP contribution is -2.45. The van der Waals surface area contributed by atoms with Gasteiger partial charge in [-0.2, -0.15) is 0 Å². The Morgan fingerprint density at radius 2 is 1.89 bits per heavy atom. The second-order valence-electron chi connectivity index (χ2n) is 5.80. The summed E-state index contributed by atoms with van der Waals surface area (Å²) < 4.78 is 1.18. The summed E-state index contributed by atoms with van der Waals surface area (Å²) in [6.07, 6.45) is 6.66. The Kier molecular flexibility index (Phi) is 4.22. The molecule has 2 fully saturated rings. The number of carbonyl (C=O) groups excluding carboxylic acids is 1. The van der Waals surface area contributed by atoms with E-state index in [1.165, 1.54) is 35.7 Å². The number of ketones is 1. The first-order valence-electron chi connectivity index (χ1n) is 7.27. The number of Topliss-reactive ketones (excluding diaryl/α,β-unsaturated/α-hetero) is 1. The van der Waals surface area contributed by atoms with Gasteiger partial charge in [0.15, 0.2) is 5.78 Å². The van der Waals surface area contributed by atoms with Crippen molar-refractivity contribution in [3.8, 4) is 0 Å². The van der Waals surface area contributed by atoms with Crippen molar-refractivity contribution in [2.75, 3.05) is 13.1 Å². The van der Waals surface area contributed by atoms with E-state index in [1.807, 2.05) is 24.3 Å². The number of piperidine rings is 1. The Morgan fingerprint density at radius 1 is 1.16 bits per heavy atom. The monoisotopic (exact) mass is 369 g/mol. The van der Waals surface area contributed by atoms with Crippen molar-refractivity contribution in [2.24, 2.45) is 5.92 Å². The van der Waals surface area contributed by atoms with E-state index in [9.17, 15) is 4.79 Å². The molecule has 1 aliphatic heterocycles. The quantitative estimate of drug-likeness (QED) is 0.598. The van der Waals surface area contributed by atoms with Gasteiger partial charge in [0, 0.05) is 15.2 Å². The SMILES string of the molecule is O=C(CN1CCCC2CCCC21)c1ccc(I)cc1. The summed E-state index contributed by atoms with van der Waals surface area (Å²) in [6, 6.07) is 8.63. The van der Waals surface area contributed by atoms with Gasteiger partial charge in [0.05, 0.1) is 6.54 Å². The number of carbonyl (C=O) groups is 1. The summed E-state index contributed by atoms with van der Waals surface area (Å²) in [4.78, 5) is 14.8. The molecule has 0 radical (unpaired) electrons. The van der Waals surface area contributed by atoms with Crippen molar-refractivity contribution in [3.05, 3.63) is 33.4 Å². The van der Waals surface area contributed by atoms with Gasteiger partial charge in [-0.3, -0.25) is 9.69 Å². The molecule has 0 spiro atoms. The van der Waals surface area contributed by atoms with Crippen molar-refractivity contribution >= 4 is 28.4 Å². The number of likely N-dealkylation sites (tertiary alicyclic amines) is 1. The highest BCUT2D eigenvalue weighted by molar-refractivity contribution is 14.1. The molecule has 0 aromatic heterocycles. The van der Waals surface area contributed by atoms with Gasteiger partial charge in [0.25, 0.3) is 0 Å². The number of nitrogens with zero attached hydrogens (tertiary/aromatic N) is 1. The first-order valence-corrected chi connectivity index (χ1v) is 8.35. The van der Waals surface area contributed by atoms with Gasteiger partial charge >= 0.3 is 0 Å². The third-order valence-corrected chi connectivity index (χ3v) is 5.34. The molecule has 1 aliphatic carbocycles. The Morgan fingerprint density at radius 3 is 2.68 bits per heavy atom. The molecule has 3 rings (SSSR count). The predicted molar refractivity (Wildman–Crippen MR) is 85.4 cm³/mol. The van der Waals surface area contributed by atoms with Crippen LogP contribution in [0.1, 0.15) is 42.5 Å². The molecule has 3 heteroatoms. The van der Waals surface area contributed by atoms with E-state index >= 15 is 0 Å². The standard InChI is InChI=1S/C16H20INO/c17-14-8-6-13(7-9-14)16(19)11-18-10-2-4-12-3-1-5-15(12)18/h6-9,12,15H,1-5,10-11H2. The maximum atomic E-state index is 12.4. The van der Waals surface area contributed by atoms with E-state index in [0.29, 0.717) is 12.6 Å². The van der Waals surface area contributed by atoms with E-state index in [-0.39, 0.29) is 5.78 Å². The molecule has 1 heterocycles. The van der Waals surface area contributed by atoms with Crippen molar-refractivity contribution in [1.29, 1.82) is 0 Å². The third kappa shape index (κ3) is 3.02. The number of rotatable bonds is 3. The van der Waals surface area contributed by atoms with Crippen LogP contribution in [0.15, 0.2) is 24.3 Å². The number of hydrogen-bond donors (Lipinski definition) is 0. The predicted octanol–water partition coefficient (Wildman–Crippen LogP) is 3.74. The van der Waals surface area contributed by atoms with Gasteiger partial charge in [-0.05, 0) is 72.9 Å². The summed E-state index contributed by atoms with van der Waals surface area (Å²) in [5.41, 5.74) is 0.862. The maximum absolute atomic E-state index is 12.4. The smallest absolute Gasteiger partial charge is 0.176 e. The number of halogens is 1. The van der Waals surface area contributed by atoms with E-state index in [4.69, 9.17) is 0 Å². The summed E-state index contributed by atoms with van der Waals surface area (Å²) in [5, 5.41) is 0. The van der Waals surface area contributed by atoms with Crippen molar-refractivity contribution in [2.45, 2.75) is 38.1 Å². The number of fused-ring (bicyclic) bond motifs is 1. The van der Waals surface area contributed by atoms with Crippen LogP contribution < -0.4 is 0 Å². The van der Waals surface area contributed by atoms with Gasteiger partial charge in [-0.25, -0.2) is 0 Å². The molecule has 19 heavy (non-hydrogen) atoms. The van der Waals surface area contributed by atoms with E-state index in [0.717, 1.165) is 18.0 Å². The molecule has 1 saturated carbocycles. The lowest BCUT2D eigenvalue weighted by atomic mass is 9.91. The van der Waals surface area contributed by atoms with Crippen molar-refractivity contribution in [3.63, 3.8) is 0 Å². The molecular weight excluding hydrogens is 349 g/mol. The van der Waals surface area contributed by atoms with Crippen LogP contribution in [-0.2, 0) is 0 Å². The zero-order valence-corrected chi connectivity index (χ0v) is 13.3. The molecule has 2 aliphatic rings. The minimum Gasteiger partial charge on any atom is -0.293 e. The zero-order chi connectivity index (χ0) is 13.2. The maximum Gasteiger partial charge on any atom is 0.176 e. The van der Waals surface area contributed by atoms with Gasteiger partial charge in [-0.1, -0.05) is 18.6 Å². The van der Waals surface area contributed by atoms with Gasteiger partial charge in [0.1, 0.15) is 0 Å². The fourth-order valence-corrected chi connectivity index (χ4v) is 4.02. The van der Waals surface area contributed by atoms with Crippen molar-refractivity contribution < 1.29 is 4.79 Å². The van der Waals surface area contributed by atoms with Crippen LogP contribution in [0.3, 0.4) is 0 Å². The number of benzene rings is 1. The fourth-order valence-electron chi connectivity index (χ4n) is 3.66. The van der Waals surface area contributed by atoms with Gasteiger partial charge < -0.3 is 0 Å². The molecule has 0 amide bonds. The van der Waals surface area contributed by atoms with Crippen LogP contribution in [0, 0.1) is 9.49 Å². The summed E-state index contributed by atoms with van der Waals surface area (Å²) in [6.45, 7) is 1.72. The number of hydrogen-bond acceptors (Lipinski definition) is 2. The fraction of sp³-hybridized carbons (Fsp3) is 0.562. The molecule has 2 nitrogen and oxygen atoms in total. The molecule has 2 unspecified atom stereocenters. The van der Waals surface area contributed by atoms with Gasteiger partial charge in [-0.15, -0.1) is 0 Å². The minimum atomic E-state index is 0.281. The average Bonchev–Trinajstić information content (AvgIpc) is 2.89. The second-order valence-corrected chi connectivity index (χ2v) is 7.05. The Labute approximate surface area is 128 Å². The van der Waals surface area contributed by atoms with Crippen LogP contribution in [-0.4, -0.2) is 29.8 Å². The summed E-state index contributed by atoms with van der Waals surface area (Å²) >= 11 is 2.27. The topological polar surface area (TPSA) is 20.3 Å². The molecule has 1 aromatic rings. The first-order chi connectivity index (χ1) is 9.24. The summed E-state index contributed by atoms with van der Waals surface area (Å²) in [5.74, 6) is 1.14. The normalized spacial score (nSPS) is 27.2. The Bertz CT molecular complexity index is 456. The molecule has 2 atom stereocenters. The van der Waals surface area contributed by atoms with Crippen LogP contribution >= 0.6 is 22.6 Å². The molecular formula is C16H20INO. The zero-order valence-electron chi connectivity index (χ0n) is 11.1. The van der Waals surface area contributed by atoms with Crippen molar-refractivity contribution in [1.82, 2.24) is 4.90 Å².